The lowest BCUT2D eigenvalue weighted by molar-refractivity contribution is 0.102. The quantitative estimate of drug-likeness (QED) is 0.934. The van der Waals surface area contributed by atoms with E-state index in [1.54, 1.807) is 6.07 Å². The highest BCUT2D eigenvalue weighted by molar-refractivity contribution is 6.06. The summed E-state index contributed by atoms with van der Waals surface area (Å²) in [5.41, 5.74) is 0.0287. The van der Waals surface area contributed by atoms with Crippen LogP contribution in [0.3, 0.4) is 0 Å². The van der Waals surface area contributed by atoms with Gasteiger partial charge in [-0.25, -0.2) is 8.78 Å². The van der Waals surface area contributed by atoms with Gasteiger partial charge in [0.2, 0.25) is 0 Å². The topological polar surface area (TPSA) is 56.8 Å². The fraction of sp³-hybridized carbons (Fsp3) is 0.235. The second-order valence-corrected chi connectivity index (χ2v) is 5.13. The van der Waals surface area contributed by atoms with Crippen LogP contribution in [0.15, 0.2) is 30.3 Å². The average molecular weight is 335 g/mol. The number of amides is 1. The number of methoxy groups -OCH3 is 1. The third-order valence-electron chi connectivity index (χ3n) is 3.49. The Balaban J connectivity index is 1.92. The third kappa shape index (κ3) is 3.24. The molecule has 7 heteroatoms. The van der Waals surface area contributed by atoms with E-state index in [0.717, 1.165) is 18.6 Å². The number of hydrogen-bond acceptors (Lipinski definition) is 4. The maximum atomic E-state index is 13.7. The number of nitrogens with one attached hydrogen (secondary N) is 1. The first kappa shape index (κ1) is 16.0. The first-order valence-electron chi connectivity index (χ1n) is 7.32. The zero-order valence-corrected chi connectivity index (χ0v) is 12.9. The normalized spacial score (nSPS) is 13.1. The summed E-state index contributed by atoms with van der Waals surface area (Å²) in [6, 6.07) is 5.94. The standard InChI is InChI=1S/C17H15F2NO4/c1-22-14-9-16-15(23-5-2-6-24-16)8-11(14)17(21)20-13-4-3-10(18)7-12(13)19/h3-4,7-9H,2,5-6H2,1H3,(H,20,21). The number of carbonyl (C=O) groups excluding carboxylic acids is 1. The van der Waals surface area contributed by atoms with E-state index in [2.05, 4.69) is 5.32 Å². The van der Waals surface area contributed by atoms with Crippen molar-refractivity contribution in [2.75, 3.05) is 25.6 Å². The average Bonchev–Trinajstić information content (AvgIpc) is 2.80. The van der Waals surface area contributed by atoms with Gasteiger partial charge in [0.25, 0.3) is 5.91 Å². The number of fused-ring (bicyclic) bond motifs is 1. The van der Waals surface area contributed by atoms with Gasteiger partial charge in [0, 0.05) is 24.6 Å². The molecule has 1 N–H and O–H groups in total. The summed E-state index contributed by atoms with van der Waals surface area (Å²) < 4.78 is 42.9. The maximum Gasteiger partial charge on any atom is 0.259 e. The van der Waals surface area contributed by atoms with E-state index >= 15 is 0 Å². The van der Waals surface area contributed by atoms with Gasteiger partial charge in [0.1, 0.15) is 17.4 Å². The molecular formula is C17H15F2NO4. The van der Waals surface area contributed by atoms with Crippen molar-refractivity contribution in [3.05, 3.63) is 47.5 Å². The maximum absolute atomic E-state index is 13.7. The van der Waals surface area contributed by atoms with Crippen molar-refractivity contribution >= 4 is 11.6 Å². The molecular weight excluding hydrogens is 320 g/mol. The SMILES string of the molecule is COc1cc2c(cc1C(=O)Nc1ccc(F)cc1F)OCCCO2. The molecule has 0 saturated heterocycles. The summed E-state index contributed by atoms with van der Waals surface area (Å²) in [5.74, 6) is -1.03. The second kappa shape index (κ2) is 6.74. The lowest BCUT2D eigenvalue weighted by atomic mass is 10.1. The zero-order chi connectivity index (χ0) is 17.1. The minimum absolute atomic E-state index is 0.129. The van der Waals surface area contributed by atoms with Gasteiger partial charge < -0.3 is 19.5 Å². The van der Waals surface area contributed by atoms with Crippen LogP contribution >= 0.6 is 0 Å². The highest BCUT2D eigenvalue weighted by atomic mass is 19.1. The van der Waals surface area contributed by atoms with Crippen molar-refractivity contribution in [1.82, 2.24) is 0 Å². The fourth-order valence-corrected chi connectivity index (χ4v) is 2.32. The fourth-order valence-electron chi connectivity index (χ4n) is 2.32. The Morgan fingerprint density at radius 2 is 1.83 bits per heavy atom. The number of hydrogen-bond donors (Lipinski definition) is 1. The lowest BCUT2D eigenvalue weighted by Crippen LogP contribution is -2.14. The highest BCUT2D eigenvalue weighted by Crippen LogP contribution is 2.36. The van der Waals surface area contributed by atoms with Crippen molar-refractivity contribution in [2.24, 2.45) is 0 Å². The number of carbonyl (C=O) groups is 1. The van der Waals surface area contributed by atoms with Gasteiger partial charge >= 0.3 is 0 Å². The first-order chi connectivity index (χ1) is 11.6. The van der Waals surface area contributed by atoms with Crippen molar-refractivity contribution < 1.29 is 27.8 Å². The summed E-state index contributed by atoms with van der Waals surface area (Å²) >= 11 is 0. The Hall–Kier alpha value is -2.83. The Morgan fingerprint density at radius 1 is 1.12 bits per heavy atom. The number of ether oxygens (including phenoxy) is 3. The highest BCUT2D eigenvalue weighted by Gasteiger charge is 2.20. The van der Waals surface area contributed by atoms with Crippen LogP contribution in [0.5, 0.6) is 17.2 Å². The molecule has 24 heavy (non-hydrogen) atoms. The van der Waals surface area contributed by atoms with Crippen LogP contribution in [0.1, 0.15) is 16.8 Å². The molecule has 0 fully saturated rings. The first-order valence-corrected chi connectivity index (χ1v) is 7.32. The van der Waals surface area contributed by atoms with E-state index in [-0.39, 0.29) is 17.0 Å². The molecule has 0 aromatic heterocycles. The molecule has 126 valence electrons. The number of anilines is 1. The Morgan fingerprint density at radius 3 is 2.50 bits per heavy atom. The van der Waals surface area contributed by atoms with Gasteiger partial charge in [-0.05, 0) is 12.1 Å². The molecule has 1 heterocycles. The van der Waals surface area contributed by atoms with Gasteiger partial charge in [-0.3, -0.25) is 4.79 Å². The minimum Gasteiger partial charge on any atom is -0.496 e. The Kier molecular flexibility index (Phi) is 4.50. The molecule has 3 rings (SSSR count). The molecule has 0 radical (unpaired) electrons. The molecule has 1 aliphatic rings. The summed E-state index contributed by atoms with van der Waals surface area (Å²) in [5, 5.41) is 2.39. The number of rotatable bonds is 3. The largest absolute Gasteiger partial charge is 0.496 e. The van der Waals surface area contributed by atoms with E-state index in [1.807, 2.05) is 0 Å². The van der Waals surface area contributed by atoms with Gasteiger partial charge in [0.15, 0.2) is 11.5 Å². The predicted molar refractivity (Wildman–Crippen MR) is 82.9 cm³/mol. The summed E-state index contributed by atoms with van der Waals surface area (Å²) in [6.07, 6.45) is 0.722. The van der Waals surface area contributed by atoms with Crippen molar-refractivity contribution in [2.45, 2.75) is 6.42 Å². The van der Waals surface area contributed by atoms with E-state index in [1.165, 1.54) is 13.2 Å². The molecule has 0 aliphatic carbocycles. The molecule has 0 unspecified atom stereocenters. The monoisotopic (exact) mass is 335 g/mol. The van der Waals surface area contributed by atoms with E-state index in [0.29, 0.717) is 30.8 Å². The van der Waals surface area contributed by atoms with Gasteiger partial charge in [-0.1, -0.05) is 0 Å². The third-order valence-corrected chi connectivity index (χ3v) is 3.49. The van der Waals surface area contributed by atoms with Crippen molar-refractivity contribution in [1.29, 1.82) is 0 Å². The lowest BCUT2D eigenvalue weighted by Gasteiger charge is -2.14. The summed E-state index contributed by atoms with van der Waals surface area (Å²) in [4.78, 5) is 12.5. The van der Waals surface area contributed by atoms with Crippen molar-refractivity contribution in [3.8, 4) is 17.2 Å². The molecule has 5 nitrogen and oxygen atoms in total. The van der Waals surface area contributed by atoms with Crippen LogP contribution in [0.4, 0.5) is 14.5 Å². The Labute approximate surface area is 137 Å². The van der Waals surface area contributed by atoms with E-state index in [9.17, 15) is 13.6 Å². The van der Waals surface area contributed by atoms with Crippen molar-refractivity contribution in [3.63, 3.8) is 0 Å². The van der Waals surface area contributed by atoms with Crippen LogP contribution in [-0.4, -0.2) is 26.2 Å². The van der Waals surface area contributed by atoms with Gasteiger partial charge in [-0.2, -0.15) is 0 Å². The molecule has 0 atom stereocenters. The molecule has 2 aromatic carbocycles. The Bertz CT molecular complexity index is 779. The second-order valence-electron chi connectivity index (χ2n) is 5.13. The zero-order valence-electron chi connectivity index (χ0n) is 12.9. The minimum atomic E-state index is -0.864. The number of benzene rings is 2. The predicted octanol–water partition coefficient (Wildman–Crippen LogP) is 3.39. The van der Waals surface area contributed by atoms with E-state index in [4.69, 9.17) is 14.2 Å². The molecule has 0 saturated carbocycles. The van der Waals surface area contributed by atoms with E-state index < -0.39 is 17.5 Å². The smallest absolute Gasteiger partial charge is 0.259 e. The van der Waals surface area contributed by atoms with Crippen LogP contribution in [0.25, 0.3) is 0 Å². The molecule has 0 spiro atoms. The molecule has 0 bridgehead atoms. The van der Waals surface area contributed by atoms with Crippen LogP contribution in [0, 0.1) is 11.6 Å². The molecule has 1 aliphatic heterocycles. The van der Waals surface area contributed by atoms with Gasteiger partial charge in [-0.15, -0.1) is 0 Å². The van der Waals surface area contributed by atoms with Crippen LogP contribution in [0.2, 0.25) is 0 Å². The van der Waals surface area contributed by atoms with Gasteiger partial charge in [0.05, 0.1) is 31.6 Å². The van der Waals surface area contributed by atoms with Crippen LogP contribution < -0.4 is 19.5 Å². The van der Waals surface area contributed by atoms with Crippen LogP contribution in [-0.2, 0) is 0 Å². The summed E-state index contributed by atoms with van der Waals surface area (Å²) in [7, 11) is 1.41. The molecule has 2 aromatic rings. The number of halogens is 2. The summed E-state index contributed by atoms with van der Waals surface area (Å²) in [6.45, 7) is 0.968. The molecule has 1 amide bonds.